The van der Waals surface area contributed by atoms with E-state index in [2.05, 4.69) is 39.8 Å². The standard InChI is InChI=1S/C46H76NO10P/c1-8-10-11-12-19-24-30-41(48)31-25-20-15-13-14-16-22-27-33-45(49)53-37-42(38-55-58(51,52)54-36-35-47(5,6)7)56-46(50)34-28-23-18-17-21-26-32-44-40(4)39(3)43(57-44)29-9-2/h10-11,14-16,19-20,24-25,31,41-42,48H,8-9,12-13,17-18,21-23,26-30,32-38H2,1-7H3/b11-10-,16-14-,20-15-,24-19-,31-25+/t41?,42-/m1/s1. The third kappa shape index (κ3) is 28.4. The topological polar surface area (TPSA) is 145 Å². The van der Waals surface area contributed by atoms with Gasteiger partial charge in [0, 0.05) is 25.7 Å². The molecule has 0 radical (unpaired) electrons. The van der Waals surface area contributed by atoms with E-state index in [0.29, 0.717) is 36.7 Å². The predicted molar refractivity (Wildman–Crippen MR) is 231 cm³/mol. The van der Waals surface area contributed by atoms with Crippen LogP contribution >= 0.6 is 7.82 Å². The van der Waals surface area contributed by atoms with Crippen LogP contribution in [0.2, 0.25) is 0 Å². The molecule has 0 amide bonds. The number of aryl methyl sites for hydroxylation is 2. The Hall–Kier alpha value is -3.05. The maximum absolute atomic E-state index is 12.7. The maximum Gasteiger partial charge on any atom is 0.306 e. The summed E-state index contributed by atoms with van der Waals surface area (Å²) in [5.74, 6) is 1.23. The zero-order valence-electron chi connectivity index (χ0n) is 36.8. The molecule has 12 heteroatoms. The molecular weight excluding hydrogens is 757 g/mol. The molecule has 0 fully saturated rings. The molecule has 2 unspecified atom stereocenters. The fraction of sp³-hybridized carbons (Fsp3) is 0.652. The van der Waals surface area contributed by atoms with Crippen LogP contribution in [-0.4, -0.2) is 81.2 Å². The first-order chi connectivity index (χ1) is 27.7. The Balaban J connectivity index is 2.45. The number of carbonyl (C=O) groups excluding carboxylic acids is 2. The van der Waals surface area contributed by atoms with Gasteiger partial charge in [-0.2, -0.15) is 0 Å². The van der Waals surface area contributed by atoms with Crippen LogP contribution in [0.15, 0.2) is 65.2 Å². The highest BCUT2D eigenvalue weighted by molar-refractivity contribution is 7.45. The van der Waals surface area contributed by atoms with Crippen molar-refractivity contribution in [1.82, 2.24) is 0 Å². The number of aliphatic hydroxyl groups excluding tert-OH is 1. The van der Waals surface area contributed by atoms with Crippen LogP contribution in [-0.2, 0) is 45.5 Å². The number of allylic oxidation sites excluding steroid dienone is 8. The second-order valence-electron chi connectivity index (χ2n) is 15.8. The number of aliphatic hydroxyl groups is 1. The lowest BCUT2D eigenvalue weighted by atomic mass is 10.0. The van der Waals surface area contributed by atoms with E-state index in [0.717, 1.165) is 82.1 Å². The number of quaternary nitrogens is 1. The summed E-state index contributed by atoms with van der Waals surface area (Å²) in [6, 6.07) is 0. The molecule has 330 valence electrons. The molecule has 11 nitrogen and oxygen atoms in total. The molecule has 0 spiro atoms. The van der Waals surface area contributed by atoms with Gasteiger partial charge in [-0.05, 0) is 82.8 Å². The van der Waals surface area contributed by atoms with Crippen molar-refractivity contribution in [2.24, 2.45) is 0 Å². The number of likely N-dealkylation sites (N-methyl/N-ethyl adjacent to an activating group) is 1. The number of nitrogens with zero attached hydrogens (tertiary/aromatic N) is 1. The van der Waals surface area contributed by atoms with Crippen LogP contribution in [0.1, 0.15) is 133 Å². The van der Waals surface area contributed by atoms with E-state index in [9.17, 15) is 24.2 Å². The number of hydrogen-bond acceptors (Lipinski definition) is 10. The summed E-state index contributed by atoms with van der Waals surface area (Å²) in [6.07, 6.45) is 31.5. The number of phosphoric acid groups is 1. The molecule has 1 aromatic heterocycles. The van der Waals surface area contributed by atoms with Crippen LogP contribution in [0.4, 0.5) is 0 Å². The Morgan fingerprint density at radius 3 is 2.12 bits per heavy atom. The number of phosphoric ester groups is 1. The van der Waals surface area contributed by atoms with Gasteiger partial charge >= 0.3 is 11.9 Å². The lowest BCUT2D eigenvalue weighted by Gasteiger charge is -2.28. The number of carbonyl (C=O) groups is 2. The number of ether oxygens (including phenoxy) is 2. The average Bonchev–Trinajstić information content (AvgIpc) is 3.43. The Morgan fingerprint density at radius 2 is 1.41 bits per heavy atom. The minimum absolute atomic E-state index is 0.0620. The van der Waals surface area contributed by atoms with E-state index < -0.39 is 38.6 Å². The molecule has 1 aromatic rings. The Bertz CT molecular complexity index is 1470. The van der Waals surface area contributed by atoms with Crippen molar-refractivity contribution >= 4 is 19.8 Å². The quantitative estimate of drug-likeness (QED) is 0.0178. The molecule has 1 N–H and O–H groups in total. The normalized spacial score (nSPS) is 14.7. The van der Waals surface area contributed by atoms with Crippen molar-refractivity contribution in [3.05, 3.63) is 83.4 Å². The molecule has 0 saturated carbocycles. The van der Waals surface area contributed by atoms with Gasteiger partial charge in [0.15, 0.2) is 6.10 Å². The first-order valence-electron chi connectivity index (χ1n) is 21.5. The second kappa shape index (κ2) is 31.8. The molecule has 3 atom stereocenters. The molecule has 0 aliphatic heterocycles. The van der Waals surface area contributed by atoms with Gasteiger partial charge < -0.3 is 37.4 Å². The molecule has 0 aliphatic carbocycles. The molecule has 0 bridgehead atoms. The van der Waals surface area contributed by atoms with Gasteiger partial charge in [0.05, 0.1) is 33.9 Å². The molecule has 0 aliphatic rings. The SMILES string of the molecule is CC/C=C\C/C=C\CC(O)/C=C/C=C\C/C=C\CCCC(=O)OC[C@H](COP(=O)([O-])OCC[N+](C)(C)C)OC(=O)CCCCCCCCc1oc(CCC)c(C)c1C. The smallest absolute Gasteiger partial charge is 0.306 e. The van der Waals surface area contributed by atoms with Crippen LogP contribution in [0.25, 0.3) is 0 Å². The molecule has 1 rings (SSSR count). The maximum atomic E-state index is 12.7. The highest BCUT2D eigenvalue weighted by Gasteiger charge is 2.22. The van der Waals surface area contributed by atoms with Gasteiger partial charge in [-0.25, -0.2) is 0 Å². The minimum atomic E-state index is -4.67. The minimum Gasteiger partial charge on any atom is -0.756 e. The van der Waals surface area contributed by atoms with E-state index in [1.165, 1.54) is 11.1 Å². The zero-order valence-corrected chi connectivity index (χ0v) is 37.7. The van der Waals surface area contributed by atoms with E-state index in [-0.39, 0.29) is 26.1 Å². The van der Waals surface area contributed by atoms with Crippen LogP contribution in [0.5, 0.6) is 0 Å². The fourth-order valence-electron chi connectivity index (χ4n) is 5.70. The number of hydrogen-bond donors (Lipinski definition) is 1. The van der Waals surface area contributed by atoms with Crippen molar-refractivity contribution < 1.29 is 51.6 Å². The summed E-state index contributed by atoms with van der Waals surface area (Å²) in [4.78, 5) is 37.6. The monoisotopic (exact) mass is 834 g/mol. The molecular formula is C46H76NO10P. The largest absolute Gasteiger partial charge is 0.756 e. The number of furan rings is 1. The summed E-state index contributed by atoms with van der Waals surface area (Å²) in [5, 5.41) is 10.0. The van der Waals surface area contributed by atoms with Crippen molar-refractivity contribution in [3.63, 3.8) is 0 Å². The molecule has 1 heterocycles. The second-order valence-corrected chi connectivity index (χ2v) is 17.2. The third-order valence-electron chi connectivity index (χ3n) is 9.31. The van der Waals surface area contributed by atoms with Crippen molar-refractivity contribution in [2.45, 2.75) is 149 Å². The summed E-state index contributed by atoms with van der Waals surface area (Å²) in [5.41, 5.74) is 2.55. The van der Waals surface area contributed by atoms with Gasteiger partial charge in [-0.1, -0.05) is 100 Å². The van der Waals surface area contributed by atoms with Gasteiger partial charge in [0.1, 0.15) is 31.3 Å². The van der Waals surface area contributed by atoms with Crippen LogP contribution < -0.4 is 4.89 Å². The zero-order chi connectivity index (χ0) is 43.1. The van der Waals surface area contributed by atoms with Gasteiger partial charge in [-0.3, -0.25) is 14.2 Å². The lowest BCUT2D eigenvalue weighted by Crippen LogP contribution is -2.37. The Labute approximate surface area is 350 Å². The predicted octanol–water partition coefficient (Wildman–Crippen LogP) is 9.68. The van der Waals surface area contributed by atoms with Crippen LogP contribution in [0, 0.1) is 13.8 Å². The highest BCUT2D eigenvalue weighted by atomic mass is 31.2. The van der Waals surface area contributed by atoms with Gasteiger partial charge in [-0.15, -0.1) is 0 Å². The first-order valence-corrected chi connectivity index (χ1v) is 22.9. The van der Waals surface area contributed by atoms with Crippen molar-refractivity contribution in [3.8, 4) is 0 Å². The summed E-state index contributed by atoms with van der Waals surface area (Å²) >= 11 is 0. The fourth-order valence-corrected chi connectivity index (χ4v) is 6.43. The van der Waals surface area contributed by atoms with Crippen molar-refractivity contribution in [2.75, 3.05) is 47.5 Å². The van der Waals surface area contributed by atoms with E-state index in [1.807, 2.05) is 63.7 Å². The Kier molecular flexibility index (Phi) is 29.1. The number of esters is 2. The van der Waals surface area contributed by atoms with E-state index in [1.54, 1.807) is 6.08 Å². The molecule has 58 heavy (non-hydrogen) atoms. The molecule has 0 aromatic carbocycles. The summed E-state index contributed by atoms with van der Waals surface area (Å²) in [6.45, 7) is 8.07. The average molecular weight is 834 g/mol. The lowest BCUT2D eigenvalue weighted by molar-refractivity contribution is -0.870. The summed E-state index contributed by atoms with van der Waals surface area (Å²) in [7, 11) is 1.06. The third-order valence-corrected chi connectivity index (χ3v) is 10.3. The Morgan fingerprint density at radius 1 is 0.776 bits per heavy atom. The number of unbranched alkanes of at least 4 members (excludes halogenated alkanes) is 6. The number of rotatable bonds is 34. The molecule has 0 saturated heterocycles. The van der Waals surface area contributed by atoms with Crippen LogP contribution in [0.3, 0.4) is 0 Å². The highest BCUT2D eigenvalue weighted by Crippen LogP contribution is 2.38. The van der Waals surface area contributed by atoms with E-state index >= 15 is 0 Å². The van der Waals surface area contributed by atoms with E-state index in [4.69, 9.17) is 22.9 Å². The summed E-state index contributed by atoms with van der Waals surface area (Å²) < 4.78 is 39.9. The van der Waals surface area contributed by atoms with Crippen molar-refractivity contribution in [1.29, 1.82) is 0 Å². The van der Waals surface area contributed by atoms with Gasteiger partial charge in [0.25, 0.3) is 7.82 Å². The first kappa shape index (κ1) is 53.0. The van der Waals surface area contributed by atoms with Gasteiger partial charge in [0.2, 0.25) is 0 Å².